The summed E-state index contributed by atoms with van der Waals surface area (Å²) in [5, 5.41) is 11.2. The van der Waals surface area contributed by atoms with Gasteiger partial charge >= 0.3 is 140 Å². The molecule has 0 bridgehead atoms. The average molecular weight is 412 g/mol. The van der Waals surface area contributed by atoms with Crippen molar-refractivity contribution >= 4 is 27.6 Å². The Bertz CT molecular complexity index is 440. The van der Waals surface area contributed by atoms with E-state index in [9.17, 15) is 10.1 Å². The molecule has 0 saturated carbocycles. The molecule has 1 aromatic carbocycles. The number of unbranched alkanes of at least 4 members (excludes halogenated alkanes) is 3. The average Bonchev–Trinajstić information content (AvgIpc) is 2.54. The van der Waals surface area contributed by atoms with E-state index in [0.29, 0.717) is 0 Å². The normalized spacial score (nSPS) is 11.6. The summed E-state index contributed by atoms with van der Waals surface area (Å²) in [6.45, 7) is 6.76. The van der Waals surface area contributed by atoms with Crippen molar-refractivity contribution in [3.63, 3.8) is 0 Å². The fraction of sp³-hybridized carbons (Fsp3) is 0.667. The minimum absolute atomic E-state index is 0.237. The summed E-state index contributed by atoms with van der Waals surface area (Å²) in [7, 11) is 0. The van der Waals surface area contributed by atoms with E-state index in [1.165, 1.54) is 55.4 Å². The van der Waals surface area contributed by atoms with Crippen LogP contribution in [0.4, 0.5) is 5.69 Å². The number of rotatable bonds is 11. The Morgan fingerprint density at radius 2 is 1.45 bits per heavy atom. The molecule has 0 atom stereocenters. The SMILES string of the molecule is CCC[CH2][Sn]([CH2]CCC)([CH2]CCC)[c]1cccc([N+](=O)[O-])c1. The number of non-ortho nitro benzene ring substituents is 1. The van der Waals surface area contributed by atoms with Crippen LogP contribution in [0.5, 0.6) is 0 Å². The van der Waals surface area contributed by atoms with Crippen molar-refractivity contribution in [2.75, 3.05) is 0 Å². The van der Waals surface area contributed by atoms with Crippen LogP contribution >= 0.6 is 0 Å². The van der Waals surface area contributed by atoms with E-state index >= 15 is 0 Å². The van der Waals surface area contributed by atoms with Gasteiger partial charge in [-0.1, -0.05) is 0 Å². The molecule has 4 heteroatoms. The van der Waals surface area contributed by atoms with Crippen LogP contribution in [-0.4, -0.2) is 23.3 Å². The molecule has 22 heavy (non-hydrogen) atoms. The van der Waals surface area contributed by atoms with E-state index in [1.807, 2.05) is 12.1 Å². The molecule has 0 spiro atoms. The van der Waals surface area contributed by atoms with Crippen LogP contribution in [0.2, 0.25) is 13.3 Å². The van der Waals surface area contributed by atoms with Crippen molar-refractivity contribution in [2.45, 2.75) is 72.6 Å². The number of hydrogen-bond donors (Lipinski definition) is 0. The van der Waals surface area contributed by atoms with Gasteiger partial charge in [0, 0.05) is 0 Å². The van der Waals surface area contributed by atoms with Crippen molar-refractivity contribution in [3.8, 4) is 0 Å². The molecular formula is C18H31NO2Sn. The molecule has 0 unspecified atom stereocenters. The van der Waals surface area contributed by atoms with E-state index in [2.05, 4.69) is 26.8 Å². The monoisotopic (exact) mass is 413 g/mol. The van der Waals surface area contributed by atoms with Crippen LogP contribution in [0.1, 0.15) is 59.3 Å². The first-order valence-corrected chi connectivity index (χ1v) is 16.3. The Labute approximate surface area is 139 Å². The summed E-state index contributed by atoms with van der Waals surface area (Å²) in [5.74, 6) is 0. The fourth-order valence-electron chi connectivity index (χ4n) is 3.30. The minimum atomic E-state index is -2.50. The molecule has 0 heterocycles. The standard InChI is InChI=1S/C6H4NO2.3C4H9.Sn/c8-7(9)6-4-2-1-3-5-6;3*1-3-4-2;/h1-2,4-5H;3*1,3-4H2,2H3;. The van der Waals surface area contributed by atoms with Crippen molar-refractivity contribution in [3.05, 3.63) is 34.4 Å². The summed E-state index contributed by atoms with van der Waals surface area (Å²) in [6.07, 6.45) is 7.54. The van der Waals surface area contributed by atoms with E-state index in [-0.39, 0.29) is 10.6 Å². The Balaban J connectivity index is 3.18. The zero-order valence-corrected chi connectivity index (χ0v) is 17.3. The second-order valence-electron chi connectivity index (χ2n) is 6.40. The molecule has 0 aliphatic carbocycles. The molecule has 1 rings (SSSR count). The zero-order chi connectivity index (χ0) is 16.4. The van der Waals surface area contributed by atoms with Gasteiger partial charge in [0.1, 0.15) is 0 Å². The molecule has 0 aromatic heterocycles. The van der Waals surface area contributed by atoms with E-state index < -0.39 is 18.4 Å². The topological polar surface area (TPSA) is 43.1 Å². The third-order valence-electron chi connectivity index (χ3n) is 4.70. The van der Waals surface area contributed by atoms with Crippen molar-refractivity contribution in [2.24, 2.45) is 0 Å². The van der Waals surface area contributed by atoms with Gasteiger partial charge in [-0.3, -0.25) is 0 Å². The maximum atomic E-state index is 11.2. The molecule has 0 amide bonds. The fourth-order valence-corrected chi connectivity index (χ4v) is 19.3. The molecule has 0 aliphatic rings. The maximum absolute atomic E-state index is 11.2. The first kappa shape index (κ1) is 19.5. The molecular weight excluding hydrogens is 381 g/mol. The van der Waals surface area contributed by atoms with E-state index in [1.54, 1.807) is 6.07 Å². The van der Waals surface area contributed by atoms with Gasteiger partial charge in [-0.15, -0.1) is 0 Å². The van der Waals surface area contributed by atoms with Crippen molar-refractivity contribution in [1.82, 2.24) is 0 Å². The predicted octanol–water partition coefficient (Wildman–Crippen LogP) is 5.65. The Hall–Kier alpha value is -0.581. The van der Waals surface area contributed by atoms with Crippen molar-refractivity contribution < 1.29 is 4.92 Å². The van der Waals surface area contributed by atoms with Gasteiger partial charge in [-0.2, -0.15) is 0 Å². The van der Waals surface area contributed by atoms with E-state index in [0.717, 1.165) is 0 Å². The number of nitro groups is 1. The van der Waals surface area contributed by atoms with Crippen LogP contribution in [0, 0.1) is 10.1 Å². The quantitative estimate of drug-likeness (QED) is 0.268. The predicted molar refractivity (Wildman–Crippen MR) is 97.6 cm³/mol. The Morgan fingerprint density at radius 1 is 0.955 bits per heavy atom. The summed E-state index contributed by atoms with van der Waals surface area (Å²) in [5.41, 5.74) is 0.281. The first-order chi connectivity index (χ1) is 10.6. The van der Waals surface area contributed by atoms with Crippen LogP contribution in [0.3, 0.4) is 0 Å². The Morgan fingerprint density at radius 3 is 1.86 bits per heavy atom. The molecule has 1 aromatic rings. The summed E-state index contributed by atoms with van der Waals surface area (Å²) >= 11 is -2.50. The first-order valence-electron chi connectivity index (χ1n) is 8.84. The van der Waals surface area contributed by atoms with Gasteiger partial charge in [-0.25, -0.2) is 0 Å². The summed E-state index contributed by atoms with van der Waals surface area (Å²) in [4.78, 5) is 10.9. The second-order valence-corrected chi connectivity index (χ2v) is 19.6. The van der Waals surface area contributed by atoms with Crippen LogP contribution in [0.25, 0.3) is 0 Å². The van der Waals surface area contributed by atoms with Crippen molar-refractivity contribution in [1.29, 1.82) is 0 Å². The van der Waals surface area contributed by atoms with Gasteiger partial charge in [-0.05, 0) is 0 Å². The van der Waals surface area contributed by atoms with Crippen LogP contribution < -0.4 is 3.58 Å². The van der Waals surface area contributed by atoms with Gasteiger partial charge < -0.3 is 0 Å². The Kier molecular flexibility index (Phi) is 9.06. The molecule has 0 saturated heterocycles. The number of benzene rings is 1. The molecule has 0 radical (unpaired) electrons. The number of hydrogen-bond acceptors (Lipinski definition) is 2. The summed E-state index contributed by atoms with van der Waals surface area (Å²) < 4.78 is 5.45. The second kappa shape index (κ2) is 10.2. The molecule has 0 aliphatic heterocycles. The van der Waals surface area contributed by atoms with Gasteiger partial charge in [0.25, 0.3) is 0 Å². The van der Waals surface area contributed by atoms with Crippen LogP contribution in [0.15, 0.2) is 24.3 Å². The molecule has 3 nitrogen and oxygen atoms in total. The third-order valence-corrected chi connectivity index (χ3v) is 20.3. The van der Waals surface area contributed by atoms with E-state index in [4.69, 9.17) is 0 Å². The molecule has 124 valence electrons. The number of nitro benzene ring substituents is 1. The summed E-state index contributed by atoms with van der Waals surface area (Å²) in [6, 6.07) is 7.66. The number of nitrogens with zero attached hydrogens (tertiary/aromatic N) is 1. The zero-order valence-electron chi connectivity index (χ0n) is 14.4. The van der Waals surface area contributed by atoms with Gasteiger partial charge in [0.15, 0.2) is 0 Å². The van der Waals surface area contributed by atoms with Gasteiger partial charge in [0.2, 0.25) is 0 Å². The van der Waals surface area contributed by atoms with Gasteiger partial charge in [0.05, 0.1) is 0 Å². The molecule has 0 N–H and O–H groups in total. The molecule has 0 fully saturated rings. The third kappa shape index (κ3) is 5.56. The van der Waals surface area contributed by atoms with Crippen LogP contribution in [-0.2, 0) is 0 Å².